The van der Waals surface area contributed by atoms with Crippen molar-refractivity contribution in [2.24, 2.45) is 0 Å². The molecule has 1 nitrogen and oxygen atoms in total. The summed E-state index contributed by atoms with van der Waals surface area (Å²) in [4.78, 5) is 0. The molecule has 80 valence electrons. The van der Waals surface area contributed by atoms with E-state index in [0.29, 0.717) is 0 Å². The number of aliphatic hydroxyl groups excluding tert-OH is 1. The van der Waals surface area contributed by atoms with Crippen molar-refractivity contribution in [3.63, 3.8) is 0 Å². The van der Waals surface area contributed by atoms with E-state index in [-0.39, 0.29) is 12.8 Å². The summed E-state index contributed by atoms with van der Waals surface area (Å²) in [5, 5.41) is 8.84. The Morgan fingerprint density at radius 3 is 2.23 bits per heavy atom. The van der Waals surface area contributed by atoms with Gasteiger partial charge in [0.25, 0.3) is 0 Å². The lowest BCUT2D eigenvalue weighted by atomic mass is 10.0. The van der Waals surface area contributed by atoms with E-state index in [9.17, 15) is 8.78 Å². The van der Waals surface area contributed by atoms with Crippen LogP contribution in [0.2, 0.25) is 0 Å². The van der Waals surface area contributed by atoms with E-state index in [2.05, 4.69) is 0 Å². The molecule has 0 aromatic rings. The van der Waals surface area contributed by atoms with Gasteiger partial charge in [-0.3, -0.25) is 0 Å². The summed E-state index contributed by atoms with van der Waals surface area (Å²) in [6.07, 6.45) is -0.771. The highest BCUT2D eigenvalue weighted by atomic mass is 19.2. The fourth-order valence-electron chi connectivity index (χ4n) is 1.24. The molecule has 0 amide bonds. The van der Waals surface area contributed by atoms with Crippen LogP contribution in [0.5, 0.6) is 0 Å². The fourth-order valence-corrected chi connectivity index (χ4v) is 1.24. The molecule has 0 aromatic heterocycles. The van der Waals surface area contributed by atoms with E-state index in [1.54, 1.807) is 0 Å². The Morgan fingerprint density at radius 1 is 1.15 bits per heavy atom. The zero-order valence-corrected chi connectivity index (χ0v) is 8.47. The SMILES string of the molecule is CCCCCC(F)C(F)CC(C)O. The zero-order chi connectivity index (χ0) is 10.3. The van der Waals surface area contributed by atoms with Gasteiger partial charge in [0.05, 0.1) is 6.10 Å². The van der Waals surface area contributed by atoms with E-state index in [4.69, 9.17) is 5.11 Å². The molecule has 13 heavy (non-hydrogen) atoms. The Bertz CT molecular complexity index is 117. The predicted octanol–water partition coefficient (Wildman–Crippen LogP) is 3.01. The van der Waals surface area contributed by atoms with Crippen molar-refractivity contribution in [2.75, 3.05) is 0 Å². The van der Waals surface area contributed by atoms with Crippen LogP contribution >= 0.6 is 0 Å². The van der Waals surface area contributed by atoms with Crippen LogP contribution in [0.25, 0.3) is 0 Å². The largest absolute Gasteiger partial charge is 0.393 e. The second-order valence-corrected chi connectivity index (χ2v) is 3.61. The molecule has 0 heterocycles. The molecule has 0 spiro atoms. The van der Waals surface area contributed by atoms with E-state index < -0.39 is 18.4 Å². The van der Waals surface area contributed by atoms with Crippen molar-refractivity contribution in [2.45, 2.75) is 64.4 Å². The van der Waals surface area contributed by atoms with Crippen molar-refractivity contribution >= 4 is 0 Å². The van der Waals surface area contributed by atoms with E-state index in [1.807, 2.05) is 6.92 Å². The van der Waals surface area contributed by atoms with E-state index >= 15 is 0 Å². The third-order valence-corrected chi connectivity index (χ3v) is 2.04. The van der Waals surface area contributed by atoms with Gasteiger partial charge in [0.15, 0.2) is 0 Å². The maximum atomic E-state index is 13.0. The first-order valence-electron chi connectivity index (χ1n) is 5.04. The first kappa shape index (κ1) is 12.8. The van der Waals surface area contributed by atoms with Crippen LogP contribution in [0.1, 0.15) is 46.0 Å². The van der Waals surface area contributed by atoms with Gasteiger partial charge in [-0.2, -0.15) is 0 Å². The van der Waals surface area contributed by atoms with Crippen LogP contribution in [0.3, 0.4) is 0 Å². The van der Waals surface area contributed by atoms with Crippen LogP contribution in [0, 0.1) is 0 Å². The van der Waals surface area contributed by atoms with Crippen molar-refractivity contribution < 1.29 is 13.9 Å². The van der Waals surface area contributed by atoms with Gasteiger partial charge in [0.2, 0.25) is 0 Å². The van der Waals surface area contributed by atoms with Gasteiger partial charge in [0, 0.05) is 6.42 Å². The molecule has 0 aliphatic heterocycles. The number of unbranched alkanes of at least 4 members (excludes halogenated alkanes) is 2. The molecule has 0 radical (unpaired) electrons. The number of alkyl halides is 2. The minimum atomic E-state index is -1.50. The monoisotopic (exact) mass is 194 g/mol. The Labute approximate surface area is 79.1 Å². The number of hydrogen-bond donors (Lipinski definition) is 1. The minimum absolute atomic E-state index is 0.0900. The van der Waals surface area contributed by atoms with Crippen molar-refractivity contribution in [1.82, 2.24) is 0 Å². The maximum absolute atomic E-state index is 13.0. The molecular formula is C10H20F2O. The van der Waals surface area contributed by atoms with E-state index in [1.165, 1.54) is 6.92 Å². The summed E-state index contributed by atoms with van der Waals surface area (Å²) >= 11 is 0. The lowest BCUT2D eigenvalue weighted by Crippen LogP contribution is -2.21. The average molecular weight is 194 g/mol. The van der Waals surface area contributed by atoms with Gasteiger partial charge in [-0.25, -0.2) is 8.78 Å². The maximum Gasteiger partial charge on any atom is 0.134 e. The molecule has 3 atom stereocenters. The van der Waals surface area contributed by atoms with Gasteiger partial charge in [-0.15, -0.1) is 0 Å². The Morgan fingerprint density at radius 2 is 1.77 bits per heavy atom. The second kappa shape index (κ2) is 7.25. The van der Waals surface area contributed by atoms with Crippen molar-refractivity contribution in [3.05, 3.63) is 0 Å². The second-order valence-electron chi connectivity index (χ2n) is 3.61. The zero-order valence-electron chi connectivity index (χ0n) is 8.47. The quantitative estimate of drug-likeness (QED) is 0.618. The summed E-state index contributed by atoms with van der Waals surface area (Å²) in [5.74, 6) is 0. The van der Waals surface area contributed by atoms with Crippen LogP contribution in [-0.4, -0.2) is 23.6 Å². The minimum Gasteiger partial charge on any atom is -0.393 e. The lowest BCUT2D eigenvalue weighted by Gasteiger charge is -2.14. The highest BCUT2D eigenvalue weighted by Gasteiger charge is 2.21. The van der Waals surface area contributed by atoms with Crippen LogP contribution in [-0.2, 0) is 0 Å². The Kier molecular flexibility index (Phi) is 7.14. The van der Waals surface area contributed by atoms with Gasteiger partial charge in [0.1, 0.15) is 12.3 Å². The lowest BCUT2D eigenvalue weighted by molar-refractivity contribution is 0.0874. The van der Waals surface area contributed by atoms with Gasteiger partial charge in [-0.1, -0.05) is 26.2 Å². The third-order valence-electron chi connectivity index (χ3n) is 2.04. The standard InChI is InChI=1S/C10H20F2O/c1-3-4-5-6-9(11)10(12)7-8(2)13/h8-10,13H,3-7H2,1-2H3. The van der Waals surface area contributed by atoms with Crippen molar-refractivity contribution in [1.29, 1.82) is 0 Å². The Balaban J connectivity index is 3.50. The average Bonchev–Trinajstić information content (AvgIpc) is 2.03. The van der Waals surface area contributed by atoms with Crippen LogP contribution in [0.15, 0.2) is 0 Å². The van der Waals surface area contributed by atoms with Crippen LogP contribution < -0.4 is 0 Å². The fraction of sp³-hybridized carbons (Fsp3) is 1.00. The molecule has 0 aromatic carbocycles. The molecule has 1 N–H and O–H groups in total. The smallest absolute Gasteiger partial charge is 0.134 e. The topological polar surface area (TPSA) is 20.2 Å². The normalized spacial score (nSPS) is 18.2. The summed E-state index contributed by atoms with van der Waals surface area (Å²) in [5.41, 5.74) is 0. The molecule has 3 unspecified atom stereocenters. The molecule has 0 saturated carbocycles. The summed E-state index contributed by atoms with van der Waals surface area (Å²) in [7, 11) is 0. The van der Waals surface area contributed by atoms with Crippen LogP contribution in [0.4, 0.5) is 8.78 Å². The third kappa shape index (κ3) is 6.94. The van der Waals surface area contributed by atoms with Gasteiger partial charge >= 0.3 is 0 Å². The van der Waals surface area contributed by atoms with Gasteiger partial charge < -0.3 is 5.11 Å². The predicted molar refractivity (Wildman–Crippen MR) is 50.2 cm³/mol. The summed E-state index contributed by atoms with van der Waals surface area (Å²) in [6, 6.07) is 0. The Hall–Kier alpha value is -0.180. The molecule has 3 heteroatoms. The summed E-state index contributed by atoms with van der Waals surface area (Å²) < 4.78 is 25.9. The van der Waals surface area contributed by atoms with Gasteiger partial charge in [-0.05, 0) is 13.3 Å². The van der Waals surface area contributed by atoms with E-state index in [0.717, 1.165) is 19.3 Å². The number of halogens is 2. The number of rotatable bonds is 7. The highest BCUT2D eigenvalue weighted by molar-refractivity contribution is 4.70. The molecule has 0 fully saturated rings. The first-order chi connectivity index (χ1) is 6.07. The summed E-state index contributed by atoms with van der Waals surface area (Å²) in [6.45, 7) is 3.50. The van der Waals surface area contributed by atoms with Crippen molar-refractivity contribution in [3.8, 4) is 0 Å². The molecule has 0 aliphatic carbocycles. The molecule has 0 rings (SSSR count). The first-order valence-corrected chi connectivity index (χ1v) is 5.04. The molecule has 0 aliphatic rings. The number of hydrogen-bond acceptors (Lipinski definition) is 1. The number of aliphatic hydroxyl groups is 1. The molecule has 0 bridgehead atoms. The molecule has 0 saturated heterocycles. The highest BCUT2D eigenvalue weighted by Crippen LogP contribution is 2.16. The molecular weight excluding hydrogens is 174 g/mol.